The topological polar surface area (TPSA) is 80.3 Å². The lowest BCUT2D eigenvalue weighted by Gasteiger charge is -2.38. The quantitative estimate of drug-likeness (QED) is 0.652. The summed E-state index contributed by atoms with van der Waals surface area (Å²) in [6.07, 6.45) is 2.56. The van der Waals surface area contributed by atoms with Gasteiger partial charge in [0.05, 0.1) is 7.11 Å². The maximum atomic E-state index is 12.6. The lowest BCUT2D eigenvalue weighted by Crippen LogP contribution is -2.41. The van der Waals surface area contributed by atoms with Crippen LogP contribution in [-0.2, 0) is 17.9 Å². The molecular formula is C25H32N2O5. The standard InChI is InChI=1S/C25H32N2O5/c1-3-18-14-27(15-20-5-6-21(30-2)12-22(20)28)9-8-19(18)11-25(29)26-13-17-4-7-23-24(10-17)32-16-31-23/h4-7,10,12,18-19,28H,3,8-9,11,13-16H2,1-2H3,(H,26,29). The third kappa shape index (κ3) is 5.27. The van der Waals surface area contributed by atoms with Crippen molar-refractivity contribution < 1.29 is 24.1 Å². The van der Waals surface area contributed by atoms with Gasteiger partial charge in [-0.1, -0.05) is 25.5 Å². The first-order chi connectivity index (χ1) is 15.6. The summed E-state index contributed by atoms with van der Waals surface area (Å²) < 4.78 is 15.9. The van der Waals surface area contributed by atoms with Gasteiger partial charge in [0.1, 0.15) is 11.5 Å². The van der Waals surface area contributed by atoms with Crippen LogP contribution in [0.1, 0.15) is 37.3 Å². The Morgan fingerprint density at radius 3 is 2.81 bits per heavy atom. The van der Waals surface area contributed by atoms with Crippen LogP contribution in [-0.4, -0.2) is 42.9 Å². The number of methoxy groups -OCH3 is 1. The highest BCUT2D eigenvalue weighted by molar-refractivity contribution is 5.76. The smallest absolute Gasteiger partial charge is 0.231 e. The summed E-state index contributed by atoms with van der Waals surface area (Å²) in [5, 5.41) is 13.3. The molecule has 2 aromatic carbocycles. The first-order valence-corrected chi connectivity index (χ1v) is 11.3. The van der Waals surface area contributed by atoms with E-state index in [1.165, 1.54) is 0 Å². The van der Waals surface area contributed by atoms with Crippen molar-refractivity contribution in [2.24, 2.45) is 11.8 Å². The lowest BCUT2D eigenvalue weighted by atomic mass is 9.81. The van der Waals surface area contributed by atoms with Crippen molar-refractivity contribution in [2.75, 3.05) is 27.0 Å². The fourth-order valence-electron chi connectivity index (χ4n) is 4.64. The molecule has 1 saturated heterocycles. The largest absolute Gasteiger partial charge is 0.507 e. The van der Waals surface area contributed by atoms with Crippen molar-refractivity contribution in [3.63, 3.8) is 0 Å². The number of piperidine rings is 1. The zero-order chi connectivity index (χ0) is 22.5. The SMILES string of the molecule is CCC1CN(Cc2ccc(OC)cc2O)CCC1CC(=O)NCc1ccc2c(c1)OCO2. The summed E-state index contributed by atoms with van der Waals surface area (Å²) in [5.41, 5.74) is 1.91. The maximum Gasteiger partial charge on any atom is 0.231 e. The number of carbonyl (C=O) groups excluding carboxylic acids is 1. The Balaban J connectivity index is 1.27. The molecule has 0 bridgehead atoms. The van der Waals surface area contributed by atoms with E-state index in [2.05, 4.69) is 17.1 Å². The predicted octanol–water partition coefficient (Wildman–Crippen LogP) is 3.68. The Morgan fingerprint density at radius 1 is 1.19 bits per heavy atom. The molecule has 4 rings (SSSR count). The maximum absolute atomic E-state index is 12.6. The summed E-state index contributed by atoms with van der Waals surface area (Å²) >= 11 is 0. The second-order valence-electron chi connectivity index (χ2n) is 8.62. The van der Waals surface area contributed by atoms with Crippen molar-refractivity contribution in [1.82, 2.24) is 10.2 Å². The van der Waals surface area contributed by atoms with E-state index in [9.17, 15) is 9.90 Å². The highest BCUT2D eigenvalue weighted by Crippen LogP contribution is 2.33. The number of nitrogens with one attached hydrogen (secondary N) is 1. The Kier molecular flexibility index (Phi) is 7.05. The van der Waals surface area contributed by atoms with Crippen LogP contribution in [0.4, 0.5) is 0 Å². The van der Waals surface area contributed by atoms with E-state index in [1.54, 1.807) is 13.2 Å². The van der Waals surface area contributed by atoms with Crippen molar-refractivity contribution >= 4 is 5.91 Å². The number of likely N-dealkylation sites (tertiary alicyclic amines) is 1. The van der Waals surface area contributed by atoms with Gasteiger partial charge in [-0.3, -0.25) is 9.69 Å². The molecule has 2 aromatic rings. The summed E-state index contributed by atoms with van der Waals surface area (Å²) in [6.45, 7) is 5.48. The second kappa shape index (κ2) is 10.1. The molecule has 2 heterocycles. The number of hydrogen-bond donors (Lipinski definition) is 2. The minimum Gasteiger partial charge on any atom is -0.507 e. The molecule has 7 heteroatoms. The number of phenolic OH excluding ortho intramolecular Hbond substituents is 1. The highest BCUT2D eigenvalue weighted by atomic mass is 16.7. The molecule has 0 aliphatic carbocycles. The van der Waals surface area contributed by atoms with Gasteiger partial charge in [0.25, 0.3) is 0 Å². The number of fused-ring (bicyclic) bond motifs is 1. The van der Waals surface area contributed by atoms with Gasteiger partial charge in [0, 0.05) is 37.7 Å². The van der Waals surface area contributed by atoms with Crippen LogP contribution in [0, 0.1) is 11.8 Å². The number of carbonyl (C=O) groups is 1. The Morgan fingerprint density at radius 2 is 2.03 bits per heavy atom. The normalized spacial score (nSPS) is 20.2. The molecule has 1 amide bonds. The lowest BCUT2D eigenvalue weighted by molar-refractivity contribution is -0.123. The number of aromatic hydroxyl groups is 1. The van der Waals surface area contributed by atoms with E-state index in [0.29, 0.717) is 37.1 Å². The van der Waals surface area contributed by atoms with Crippen LogP contribution in [0.3, 0.4) is 0 Å². The summed E-state index contributed by atoms with van der Waals surface area (Å²) in [6, 6.07) is 11.2. The van der Waals surface area contributed by atoms with Crippen LogP contribution in [0.2, 0.25) is 0 Å². The van der Waals surface area contributed by atoms with Crippen LogP contribution in [0.25, 0.3) is 0 Å². The van der Waals surface area contributed by atoms with Crippen LogP contribution in [0.15, 0.2) is 36.4 Å². The van der Waals surface area contributed by atoms with Gasteiger partial charge < -0.3 is 24.6 Å². The molecule has 1 fully saturated rings. The third-order valence-electron chi connectivity index (χ3n) is 6.56. The third-order valence-corrected chi connectivity index (χ3v) is 6.56. The van der Waals surface area contributed by atoms with Crippen molar-refractivity contribution in [3.05, 3.63) is 47.5 Å². The Bertz CT molecular complexity index is 948. The van der Waals surface area contributed by atoms with Gasteiger partial charge in [-0.05, 0) is 48.6 Å². The molecule has 0 radical (unpaired) electrons. The monoisotopic (exact) mass is 440 g/mol. The van der Waals surface area contributed by atoms with E-state index in [4.69, 9.17) is 14.2 Å². The number of amides is 1. The molecule has 0 spiro atoms. The predicted molar refractivity (Wildman–Crippen MR) is 121 cm³/mol. The minimum atomic E-state index is 0.0902. The van der Waals surface area contributed by atoms with Crippen LogP contribution >= 0.6 is 0 Å². The zero-order valence-corrected chi connectivity index (χ0v) is 18.8. The zero-order valence-electron chi connectivity index (χ0n) is 18.8. The summed E-state index contributed by atoms with van der Waals surface area (Å²) in [5.74, 6) is 3.33. The molecule has 0 saturated carbocycles. The van der Waals surface area contributed by atoms with Gasteiger partial charge in [0.15, 0.2) is 11.5 Å². The highest BCUT2D eigenvalue weighted by Gasteiger charge is 2.30. The summed E-state index contributed by atoms with van der Waals surface area (Å²) in [7, 11) is 1.59. The average Bonchev–Trinajstić information content (AvgIpc) is 3.28. The molecule has 0 aromatic heterocycles. The number of nitrogens with zero attached hydrogens (tertiary/aromatic N) is 1. The number of rotatable bonds is 8. The molecule has 7 nitrogen and oxygen atoms in total. The van der Waals surface area contributed by atoms with E-state index in [0.717, 1.165) is 48.6 Å². The van der Waals surface area contributed by atoms with Crippen LogP contribution in [0.5, 0.6) is 23.0 Å². The van der Waals surface area contributed by atoms with E-state index < -0.39 is 0 Å². The van der Waals surface area contributed by atoms with Gasteiger partial charge in [-0.15, -0.1) is 0 Å². The van der Waals surface area contributed by atoms with Crippen molar-refractivity contribution in [3.8, 4) is 23.0 Å². The average molecular weight is 441 g/mol. The molecule has 2 aliphatic rings. The van der Waals surface area contributed by atoms with Crippen molar-refractivity contribution in [2.45, 2.75) is 39.3 Å². The fourth-order valence-corrected chi connectivity index (χ4v) is 4.64. The van der Waals surface area contributed by atoms with Crippen molar-refractivity contribution in [1.29, 1.82) is 0 Å². The Labute approximate surface area is 189 Å². The first-order valence-electron chi connectivity index (χ1n) is 11.3. The van der Waals surface area contributed by atoms with Gasteiger partial charge >= 0.3 is 0 Å². The molecule has 172 valence electrons. The van der Waals surface area contributed by atoms with E-state index in [-0.39, 0.29) is 18.4 Å². The first kappa shape index (κ1) is 22.3. The van der Waals surface area contributed by atoms with Crippen LogP contribution < -0.4 is 19.5 Å². The molecule has 2 atom stereocenters. The number of phenols is 1. The molecule has 2 unspecified atom stereocenters. The number of hydrogen-bond acceptors (Lipinski definition) is 6. The van der Waals surface area contributed by atoms with E-state index in [1.807, 2.05) is 30.3 Å². The molecule has 2 aliphatic heterocycles. The van der Waals surface area contributed by atoms with E-state index >= 15 is 0 Å². The fraction of sp³-hybridized carbons (Fsp3) is 0.480. The number of benzene rings is 2. The van der Waals surface area contributed by atoms with Gasteiger partial charge in [-0.2, -0.15) is 0 Å². The summed E-state index contributed by atoms with van der Waals surface area (Å²) in [4.78, 5) is 15.0. The molecule has 2 N–H and O–H groups in total. The molecular weight excluding hydrogens is 408 g/mol. The second-order valence-corrected chi connectivity index (χ2v) is 8.62. The molecule has 32 heavy (non-hydrogen) atoms. The van der Waals surface area contributed by atoms with Gasteiger partial charge in [0.2, 0.25) is 12.7 Å². The Hall–Kier alpha value is -2.93. The number of ether oxygens (including phenoxy) is 3. The van der Waals surface area contributed by atoms with Gasteiger partial charge in [-0.25, -0.2) is 0 Å². The minimum absolute atomic E-state index is 0.0902.